The molecule has 0 radical (unpaired) electrons. The summed E-state index contributed by atoms with van der Waals surface area (Å²) in [6.45, 7) is 1.14. The van der Waals surface area contributed by atoms with Crippen LogP contribution in [0.3, 0.4) is 0 Å². The molecule has 3 rings (SSSR count). The number of halogens is 1. The zero-order valence-electron chi connectivity index (χ0n) is 14.3. The van der Waals surface area contributed by atoms with Gasteiger partial charge in [-0.15, -0.1) is 12.4 Å². The number of carbonyl (C=O) groups excluding carboxylic acids is 1. The highest BCUT2D eigenvalue weighted by Gasteiger charge is 2.26. The molecule has 138 valence electrons. The first-order chi connectivity index (χ1) is 11.5. The van der Waals surface area contributed by atoms with Gasteiger partial charge in [0, 0.05) is 33.2 Å². The van der Waals surface area contributed by atoms with Gasteiger partial charge in [0.15, 0.2) is 11.2 Å². The van der Waals surface area contributed by atoms with Gasteiger partial charge in [0.25, 0.3) is 5.56 Å². The predicted octanol–water partition coefficient (Wildman–Crippen LogP) is -0.805. The molecule has 1 fully saturated rings. The number of hydrogen-bond donors (Lipinski definition) is 1. The third-order valence-electron chi connectivity index (χ3n) is 4.74. The summed E-state index contributed by atoms with van der Waals surface area (Å²) in [6.07, 6.45) is 4.37. The van der Waals surface area contributed by atoms with E-state index in [1.165, 1.54) is 22.5 Å². The third-order valence-corrected chi connectivity index (χ3v) is 4.74. The van der Waals surface area contributed by atoms with Crippen LogP contribution in [0.5, 0.6) is 0 Å². The maximum atomic E-state index is 12.7. The molecular weight excluding hydrogens is 348 g/mol. The number of amides is 1. The number of piperidine rings is 1. The minimum absolute atomic E-state index is 0. The number of nitrogens with zero attached hydrogens (tertiary/aromatic N) is 5. The van der Waals surface area contributed by atoms with Crippen molar-refractivity contribution in [3.63, 3.8) is 0 Å². The first kappa shape index (κ1) is 19.2. The molecule has 1 unspecified atom stereocenters. The van der Waals surface area contributed by atoms with Crippen LogP contribution in [0.25, 0.3) is 11.2 Å². The highest BCUT2D eigenvalue weighted by atomic mass is 35.5. The van der Waals surface area contributed by atoms with Gasteiger partial charge in [-0.05, 0) is 19.3 Å². The summed E-state index contributed by atoms with van der Waals surface area (Å²) >= 11 is 0. The van der Waals surface area contributed by atoms with Crippen LogP contribution in [0.15, 0.2) is 15.9 Å². The highest BCUT2D eigenvalue weighted by molar-refractivity contribution is 5.85. The van der Waals surface area contributed by atoms with Crippen LogP contribution in [0.2, 0.25) is 0 Å². The van der Waals surface area contributed by atoms with E-state index in [9.17, 15) is 14.4 Å². The molecule has 0 saturated carbocycles. The largest absolute Gasteiger partial charge is 0.337 e. The Kier molecular flexibility index (Phi) is 5.69. The molecule has 0 aliphatic carbocycles. The minimum atomic E-state index is -0.451. The summed E-state index contributed by atoms with van der Waals surface area (Å²) in [5, 5.41) is 0. The standard InChI is InChI=1S/C15H22N6O3.ClH/c1-18-13-12(14(23)19(2)15(18)24)20(9-17-13)8-11(22)21-6-4-3-5-10(21)7-16;/h9-10H,3-8,16H2,1-2H3;1H. The second-order valence-corrected chi connectivity index (χ2v) is 6.22. The topological polar surface area (TPSA) is 108 Å². The van der Waals surface area contributed by atoms with Crippen LogP contribution >= 0.6 is 12.4 Å². The Morgan fingerprint density at radius 1 is 1.28 bits per heavy atom. The number of imidazole rings is 1. The highest BCUT2D eigenvalue weighted by Crippen LogP contribution is 2.17. The van der Waals surface area contributed by atoms with E-state index in [1.807, 2.05) is 0 Å². The molecule has 2 N–H and O–H groups in total. The lowest BCUT2D eigenvalue weighted by Gasteiger charge is -2.35. The molecule has 3 heterocycles. The van der Waals surface area contributed by atoms with E-state index >= 15 is 0 Å². The Bertz CT molecular complexity index is 899. The molecule has 1 aliphatic rings. The maximum absolute atomic E-state index is 12.7. The molecule has 1 atom stereocenters. The summed E-state index contributed by atoms with van der Waals surface area (Å²) < 4.78 is 3.84. The lowest BCUT2D eigenvalue weighted by atomic mass is 10.0. The van der Waals surface area contributed by atoms with E-state index in [0.717, 1.165) is 23.8 Å². The smallest absolute Gasteiger partial charge is 0.332 e. The number of fused-ring (bicyclic) bond motifs is 1. The van der Waals surface area contributed by atoms with E-state index in [2.05, 4.69) is 4.98 Å². The van der Waals surface area contributed by atoms with Gasteiger partial charge in [0.1, 0.15) is 6.54 Å². The predicted molar refractivity (Wildman–Crippen MR) is 95.9 cm³/mol. The fourth-order valence-corrected chi connectivity index (χ4v) is 3.33. The Balaban J connectivity index is 0.00000225. The van der Waals surface area contributed by atoms with Crippen molar-refractivity contribution in [2.24, 2.45) is 19.8 Å². The lowest BCUT2D eigenvalue weighted by molar-refractivity contribution is -0.135. The molecule has 25 heavy (non-hydrogen) atoms. The van der Waals surface area contributed by atoms with Gasteiger partial charge in [0.05, 0.1) is 6.33 Å². The Morgan fingerprint density at radius 3 is 2.68 bits per heavy atom. The Labute approximate surface area is 150 Å². The van der Waals surface area contributed by atoms with Gasteiger partial charge in [0.2, 0.25) is 5.91 Å². The van der Waals surface area contributed by atoms with Crippen molar-refractivity contribution in [2.75, 3.05) is 13.1 Å². The molecular formula is C15H23ClN6O3. The fraction of sp³-hybridized carbons (Fsp3) is 0.600. The fourth-order valence-electron chi connectivity index (χ4n) is 3.33. The van der Waals surface area contributed by atoms with E-state index in [0.29, 0.717) is 13.1 Å². The zero-order chi connectivity index (χ0) is 17.4. The molecule has 0 bridgehead atoms. The van der Waals surface area contributed by atoms with Crippen molar-refractivity contribution in [3.8, 4) is 0 Å². The molecule has 10 heteroatoms. The molecule has 9 nitrogen and oxygen atoms in total. The van der Waals surface area contributed by atoms with E-state index in [-0.39, 0.29) is 42.1 Å². The molecule has 0 aromatic carbocycles. The summed E-state index contributed by atoms with van der Waals surface area (Å²) in [5.74, 6) is -0.0830. The molecule has 1 aliphatic heterocycles. The van der Waals surface area contributed by atoms with E-state index in [4.69, 9.17) is 5.73 Å². The van der Waals surface area contributed by atoms with Gasteiger partial charge in [-0.3, -0.25) is 18.7 Å². The number of aryl methyl sites for hydroxylation is 1. The van der Waals surface area contributed by atoms with Crippen LogP contribution in [-0.2, 0) is 25.4 Å². The van der Waals surface area contributed by atoms with Crippen molar-refractivity contribution in [3.05, 3.63) is 27.2 Å². The van der Waals surface area contributed by atoms with Crippen molar-refractivity contribution in [2.45, 2.75) is 31.8 Å². The lowest BCUT2D eigenvalue weighted by Crippen LogP contribution is -2.48. The average Bonchev–Trinajstić information content (AvgIpc) is 3.01. The van der Waals surface area contributed by atoms with Crippen molar-refractivity contribution >= 4 is 29.5 Å². The van der Waals surface area contributed by atoms with Gasteiger partial charge in [-0.2, -0.15) is 0 Å². The number of aromatic nitrogens is 4. The maximum Gasteiger partial charge on any atom is 0.332 e. The monoisotopic (exact) mass is 370 g/mol. The summed E-state index contributed by atoms with van der Waals surface area (Å²) in [5.41, 5.74) is 5.42. The normalized spacial score (nSPS) is 17.6. The van der Waals surface area contributed by atoms with Crippen molar-refractivity contribution in [1.29, 1.82) is 0 Å². The van der Waals surface area contributed by atoms with Crippen LogP contribution in [-0.4, -0.2) is 48.6 Å². The summed E-state index contributed by atoms with van der Waals surface area (Å²) in [7, 11) is 2.97. The van der Waals surface area contributed by atoms with Crippen molar-refractivity contribution in [1.82, 2.24) is 23.6 Å². The quantitative estimate of drug-likeness (QED) is 0.760. The zero-order valence-corrected chi connectivity index (χ0v) is 15.2. The van der Waals surface area contributed by atoms with Crippen LogP contribution < -0.4 is 17.0 Å². The Morgan fingerprint density at radius 2 is 2.00 bits per heavy atom. The number of nitrogens with two attached hydrogens (primary N) is 1. The van der Waals surface area contributed by atoms with Crippen LogP contribution in [0.4, 0.5) is 0 Å². The van der Waals surface area contributed by atoms with Crippen LogP contribution in [0, 0.1) is 0 Å². The molecule has 1 amide bonds. The summed E-state index contributed by atoms with van der Waals surface area (Å²) in [4.78, 5) is 43.0. The van der Waals surface area contributed by atoms with Gasteiger partial charge >= 0.3 is 5.69 Å². The summed E-state index contributed by atoms with van der Waals surface area (Å²) in [6, 6.07) is 0.0493. The Hall–Kier alpha value is -2.13. The molecule has 1 saturated heterocycles. The second kappa shape index (κ2) is 7.40. The van der Waals surface area contributed by atoms with Crippen LogP contribution in [0.1, 0.15) is 19.3 Å². The van der Waals surface area contributed by atoms with E-state index in [1.54, 1.807) is 11.9 Å². The number of likely N-dealkylation sites (tertiary alicyclic amines) is 1. The van der Waals surface area contributed by atoms with Crippen molar-refractivity contribution < 1.29 is 4.79 Å². The second-order valence-electron chi connectivity index (χ2n) is 6.22. The first-order valence-electron chi connectivity index (χ1n) is 8.06. The average molecular weight is 371 g/mol. The number of carbonyl (C=O) groups is 1. The molecule has 2 aromatic heterocycles. The number of hydrogen-bond acceptors (Lipinski definition) is 5. The molecule has 0 spiro atoms. The molecule has 2 aromatic rings. The third kappa shape index (κ3) is 3.21. The minimum Gasteiger partial charge on any atom is -0.337 e. The number of rotatable bonds is 3. The van der Waals surface area contributed by atoms with Gasteiger partial charge in [-0.25, -0.2) is 9.78 Å². The van der Waals surface area contributed by atoms with Gasteiger partial charge < -0.3 is 15.2 Å². The first-order valence-corrected chi connectivity index (χ1v) is 8.06. The SMILES string of the molecule is Cl.Cn1c(=O)c2c(ncn2CC(=O)N2CCCCC2CN)n(C)c1=O. The van der Waals surface area contributed by atoms with Gasteiger partial charge in [-0.1, -0.05) is 0 Å². The van der Waals surface area contributed by atoms with E-state index < -0.39 is 11.2 Å².